The summed E-state index contributed by atoms with van der Waals surface area (Å²) in [6.07, 6.45) is 0.809. The molecule has 0 saturated carbocycles. The maximum atomic E-state index is 8.89. The van der Waals surface area contributed by atoms with Crippen LogP contribution in [-0.2, 0) is 0 Å². The summed E-state index contributed by atoms with van der Waals surface area (Å²) < 4.78 is 0. The van der Waals surface area contributed by atoms with Crippen LogP contribution in [0.15, 0.2) is 29.3 Å². The van der Waals surface area contributed by atoms with E-state index in [2.05, 4.69) is 36.9 Å². The van der Waals surface area contributed by atoms with Crippen LogP contribution in [0, 0.1) is 36.5 Å². The van der Waals surface area contributed by atoms with Crippen molar-refractivity contribution < 1.29 is 0 Å². The molecular formula is C15H15N3. The number of aryl methyl sites for hydroxylation is 1. The second kappa shape index (κ2) is 4.94. The van der Waals surface area contributed by atoms with Gasteiger partial charge in [0, 0.05) is 18.8 Å². The molecule has 1 fully saturated rings. The average molecular weight is 237 g/mol. The molecule has 3 heteroatoms. The Kier molecular flexibility index (Phi) is 3.35. The van der Waals surface area contributed by atoms with Gasteiger partial charge in [0.05, 0.1) is 0 Å². The molecule has 1 heterocycles. The molecule has 90 valence electrons. The summed E-state index contributed by atoms with van der Waals surface area (Å²) in [4.78, 5) is 2.24. The summed E-state index contributed by atoms with van der Waals surface area (Å²) in [5.74, 6) is 0. The van der Waals surface area contributed by atoms with Crippen LogP contribution in [-0.4, -0.2) is 13.1 Å². The van der Waals surface area contributed by atoms with Crippen LogP contribution in [0.25, 0.3) is 0 Å². The van der Waals surface area contributed by atoms with Crippen molar-refractivity contribution >= 4 is 5.69 Å². The number of nitriles is 2. The Balaban J connectivity index is 2.30. The molecule has 1 saturated heterocycles. The van der Waals surface area contributed by atoms with Crippen LogP contribution in [0.4, 0.5) is 5.69 Å². The smallest absolute Gasteiger partial charge is 0.130 e. The first-order valence-electron chi connectivity index (χ1n) is 6.00. The van der Waals surface area contributed by atoms with E-state index in [0.29, 0.717) is 6.54 Å². The fourth-order valence-corrected chi connectivity index (χ4v) is 2.33. The minimum atomic E-state index is 0.280. The second-order valence-electron chi connectivity index (χ2n) is 4.59. The molecule has 0 radical (unpaired) electrons. The third kappa shape index (κ3) is 2.08. The van der Waals surface area contributed by atoms with E-state index in [-0.39, 0.29) is 5.57 Å². The molecule has 0 amide bonds. The number of hydrogen-bond acceptors (Lipinski definition) is 3. The molecule has 1 aliphatic heterocycles. The van der Waals surface area contributed by atoms with Crippen LogP contribution < -0.4 is 4.90 Å². The summed E-state index contributed by atoms with van der Waals surface area (Å²) in [7, 11) is 0. The lowest BCUT2D eigenvalue weighted by Gasteiger charge is -2.20. The van der Waals surface area contributed by atoms with E-state index in [1.807, 2.05) is 12.1 Å². The van der Waals surface area contributed by atoms with Gasteiger partial charge in [0.2, 0.25) is 0 Å². The van der Waals surface area contributed by atoms with Crippen molar-refractivity contribution in [3.05, 3.63) is 40.5 Å². The SMILES string of the molecule is Cc1cccc(N2CCC(=C(C#N)C#N)C2)c1C. The molecule has 1 aliphatic rings. The molecule has 0 bridgehead atoms. The molecule has 3 nitrogen and oxygen atoms in total. The minimum absolute atomic E-state index is 0.280. The summed E-state index contributed by atoms with van der Waals surface area (Å²) in [5, 5.41) is 17.8. The van der Waals surface area contributed by atoms with Crippen LogP contribution in [0.1, 0.15) is 17.5 Å². The van der Waals surface area contributed by atoms with Gasteiger partial charge in [0.1, 0.15) is 17.7 Å². The van der Waals surface area contributed by atoms with Crippen LogP contribution in [0.5, 0.6) is 0 Å². The molecule has 18 heavy (non-hydrogen) atoms. The largest absolute Gasteiger partial charge is 0.367 e. The van der Waals surface area contributed by atoms with Crippen molar-refractivity contribution in [2.24, 2.45) is 0 Å². The van der Waals surface area contributed by atoms with Gasteiger partial charge in [-0.15, -0.1) is 0 Å². The van der Waals surface area contributed by atoms with Gasteiger partial charge >= 0.3 is 0 Å². The first-order valence-corrected chi connectivity index (χ1v) is 6.00. The van der Waals surface area contributed by atoms with Gasteiger partial charge in [0.15, 0.2) is 0 Å². The maximum Gasteiger partial charge on any atom is 0.130 e. The molecule has 2 rings (SSSR count). The number of nitrogens with zero attached hydrogens (tertiary/aromatic N) is 3. The third-order valence-electron chi connectivity index (χ3n) is 3.56. The molecular weight excluding hydrogens is 222 g/mol. The van der Waals surface area contributed by atoms with E-state index in [0.717, 1.165) is 18.5 Å². The highest BCUT2D eigenvalue weighted by Crippen LogP contribution is 2.29. The fourth-order valence-electron chi connectivity index (χ4n) is 2.33. The molecule has 0 N–H and O–H groups in total. The predicted molar refractivity (Wildman–Crippen MR) is 71.0 cm³/mol. The lowest BCUT2D eigenvalue weighted by Crippen LogP contribution is -2.19. The fraction of sp³-hybridized carbons (Fsp3) is 0.333. The summed E-state index contributed by atoms with van der Waals surface area (Å²) >= 11 is 0. The normalized spacial score (nSPS) is 14.2. The van der Waals surface area contributed by atoms with E-state index in [9.17, 15) is 0 Å². The van der Waals surface area contributed by atoms with Gasteiger partial charge in [0.25, 0.3) is 0 Å². The van der Waals surface area contributed by atoms with Crippen molar-refractivity contribution in [1.29, 1.82) is 10.5 Å². The Morgan fingerprint density at radius 1 is 1.22 bits per heavy atom. The summed E-state index contributed by atoms with van der Waals surface area (Å²) in [6, 6.07) is 10.2. The standard InChI is InChI=1S/C15H15N3/c1-11-4-3-5-15(12(11)2)18-7-6-13(10-18)14(8-16)9-17/h3-5H,6-7,10H2,1-2H3. The summed E-state index contributed by atoms with van der Waals surface area (Å²) in [6.45, 7) is 5.79. The van der Waals surface area contributed by atoms with E-state index in [1.54, 1.807) is 0 Å². The molecule has 1 aromatic carbocycles. The highest BCUT2D eigenvalue weighted by Gasteiger charge is 2.21. The lowest BCUT2D eigenvalue weighted by molar-refractivity contribution is 0.959. The number of anilines is 1. The van der Waals surface area contributed by atoms with Gasteiger partial charge in [-0.25, -0.2) is 0 Å². The quantitative estimate of drug-likeness (QED) is 0.706. The zero-order valence-electron chi connectivity index (χ0n) is 10.7. The van der Waals surface area contributed by atoms with Crippen molar-refractivity contribution in [1.82, 2.24) is 0 Å². The topological polar surface area (TPSA) is 50.8 Å². The van der Waals surface area contributed by atoms with Gasteiger partial charge in [-0.3, -0.25) is 0 Å². The Morgan fingerprint density at radius 2 is 1.94 bits per heavy atom. The number of rotatable bonds is 1. The highest BCUT2D eigenvalue weighted by molar-refractivity contribution is 5.59. The van der Waals surface area contributed by atoms with Crippen LogP contribution in [0.2, 0.25) is 0 Å². The van der Waals surface area contributed by atoms with Crippen molar-refractivity contribution in [3.63, 3.8) is 0 Å². The predicted octanol–water partition coefficient (Wildman–Crippen LogP) is 2.86. The van der Waals surface area contributed by atoms with Gasteiger partial charge in [-0.1, -0.05) is 12.1 Å². The van der Waals surface area contributed by atoms with E-state index >= 15 is 0 Å². The summed E-state index contributed by atoms with van der Waals surface area (Å²) in [5.41, 5.74) is 4.99. The van der Waals surface area contributed by atoms with E-state index < -0.39 is 0 Å². The highest BCUT2D eigenvalue weighted by atomic mass is 15.1. The Morgan fingerprint density at radius 3 is 2.61 bits per heavy atom. The lowest BCUT2D eigenvalue weighted by atomic mass is 10.1. The third-order valence-corrected chi connectivity index (χ3v) is 3.56. The maximum absolute atomic E-state index is 8.89. The zero-order valence-corrected chi connectivity index (χ0v) is 10.7. The second-order valence-corrected chi connectivity index (χ2v) is 4.59. The number of hydrogen-bond donors (Lipinski definition) is 0. The zero-order chi connectivity index (χ0) is 13.1. The minimum Gasteiger partial charge on any atom is -0.367 e. The Hall–Kier alpha value is -2.26. The molecule has 1 aromatic rings. The molecule has 0 unspecified atom stereocenters. The molecule has 0 aliphatic carbocycles. The van der Waals surface area contributed by atoms with Gasteiger partial charge in [-0.05, 0) is 43.0 Å². The van der Waals surface area contributed by atoms with Gasteiger partial charge < -0.3 is 4.90 Å². The molecule has 0 spiro atoms. The first kappa shape index (κ1) is 12.2. The van der Waals surface area contributed by atoms with Gasteiger partial charge in [-0.2, -0.15) is 10.5 Å². The Labute approximate surface area is 108 Å². The number of benzene rings is 1. The van der Waals surface area contributed by atoms with Crippen LogP contribution >= 0.6 is 0 Å². The Bertz CT molecular complexity index is 569. The van der Waals surface area contributed by atoms with Crippen LogP contribution in [0.3, 0.4) is 0 Å². The van der Waals surface area contributed by atoms with Crippen molar-refractivity contribution in [3.8, 4) is 12.1 Å². The van der Waals surface area contributed by atoms with Crippen molar-refractivity contribution in [2.75, 3.05) is 18.0 Å². The molecule has 0 atom stereocenters. The molecule has 0 aromatic heterocycles. The number of allylic oxidation sites excluding steroid dienone is 1. The van der Waals surface area contributed by atoms with Crippen molar-refractivity contribution in [2.45, 2.75) is 20.3 Å². The monoisotopic (exact) mass is 237 g/mol. The first-order chi connectivity index (χ1) is 8.67. The van der Waals surface area contributed by atoms with E-state index in [4.69, 9.17) is 10.5 Å². The average Bonchev–Trinajstić information content (AvgIpc) is 2.84. The van der Waals surface area contributed by atoms with E-state index in [1.165, 1.54) is 16.8 Å².